The summed E-state index contributed by atoms with van der Waals surface area (Å²) in [6, 6.07) is 2.37. The van der Waals surface area contributed by atoms with Crippen molar-refractivity contribution in [2.75, 3.05) is 18.8 Å². The lowest BCUT2D eigenvalue weighted by molar-refractivity contribution is -0.136. The quantitative estimate of drug-likeness (QED) is 0.755. The third-order valence-electron chi connectivity index (χ3n) is 2.48. The molecule has 1 rings (SSSR count). The summed E-state index contributed by atoms with van der Waals surface area (Å²) in [6.45, 7) is -0.247. The highest BCUT2D eigenvalue weighted by molar-refractivity contribution is 9.10. The molecule has 0 aliphatic heterocycles. The van der Waals surface area contributed by atoms with Crippen molar-refractivity contribution in [3.8, 4) is 0 Å². The maximum absolute atomic E-state index is 12.6. The second-order valence-corrected chi connectivity index (χ2v) is 7.40. The second kappa shape index (κ2) is 6.72. The number of anilines is 1. The summed E-state index contributed by atoms with van der Waals surface area (Å²) in [5.74, 6) is 0. The molecule has 4 nitrogen and oxygen atoms in total. The van der Waals surface area contributed by atoms with E-state index in [0.29, 0.717) is 4.31 Å². The molecule has 1 aromatic rings. The Balaban J connectivity index is 3.36. The molecule has 0 heterocycles. The van der Waals surface area contributed by atoms with Gasteiger partial charge in [-0.2, -0.15) is 17.5 Å². The molecule has 120 valence electrons. The number of hydrogen-bond donors (Lipinski definition) is 1. The first kappa shape index (κ1) is 18.5. The van der Waals surface area contributed by atoms with Crippen LogP contribution in [0.3, 0.4) is 0 Å². The normalized spacial score (nSPS) is 12.9. The van der Waals surface area contributed by atoms with Crippen molar-refractivity contribution in [3.05, 3.63) is 21.6 Å². The van der Waals surface area contributed by atoms with Gasteiger partial charge in [0.1, 0.15) is 6.54 Å². The lowest BCUT2D eigenvalue weighted by Gasteiger charge is -2.23. The Morgan fingerprint density at radius 3 is 2.43 bits per heavy atom. The monoisotopic (exact) mass is 408 g/mol. The van der Waals surface area contributed by atoms with E-state index in [-0.39, 0.29) is 33.0 Å². The minimum absolute atomic E-state index is 0.00447. The number of rotatable bonds is 5. The maximum atomic E-state index is 12.6. The molecule has 0 aliphatic rings. The molecule has 21 heavy (non-hydrogen) atoms. The topological polar surface area (TPSA) is 63.4 Å². The molecule has 0 saturated carbocycles. The number of nitrogens with zero attached hydrogens (tertiary/aromatic N) is 1. The Labute approximate surface area is 134 Å². The van der Waals surface area contributed by atoms with Crippen LogP contribution in [-0.2, 0) is 10.0 Å². The van der Waals surface area contributed by atoms with E-state index in [1.807, 2.05) is 0 Å². The minimum atomic E-state index is -4.64. The van der Waals surface area contributed by atoms with E-state index >= 15 is 0 Å². The van der Waals surface area contributed by atoms with Crippen LogP contribution >= 0.6 is 27.5 Å². The van der Waals surface area contributed by atoms with Gasteiger partial charge in [-0.1, -0.05) is 18.5 Å². The molecule has 0 unspecified atom stereocenters. The lowest BCUT2D eigenvalue weighted by atomic mass is 10.3. The molecular formula is C11H13BrClF3N2O2S. The molecule has 0 radical (unpaired) electrons. The minimum Gasteiger partial charge on any atom is -0.398 e. The van der Waals surface area contributed by atoms with E-state index in [0.717, 1.165) is 6.07 Å². The number of nitrogens with two attached hydrogens (primary N) is 1. The third-order valence-corrected chi connectivity index (χ3v) is 5.71. The first-order valence-electron chi connectivity index (χ1n) is 5.80. The molecule has 0 amide bonds. The number of halogens is 5. The summed E-state index contributed by atoms with van der Waals surface area (Å²) < 4.78 is 62.9. The van der Waals surface area contributed by atoms with Crippen LogP contribution < -0.4 is 5.73 Å². The summed E-state index contributed by atoms with van der Waals surface area (Å²) in [4.78, 5) is -0.384. The molecule has 2 N–H and O–H groups in total. The van der Waals surface area contributed by atoms with Gasteiger partial charge in [-0.05, 0) is 34.5 Å². The van der Waals surface area contributed by atoms with Gasteiger partial charge in [0, 0.05) is 17.3 Å². The van der Waals surface area contributed by atoms with Crippen molar-refractivity contribution in [1.29, 1.82) is 0 Å². The Kier molecular flexibility index (Phi) is 5.93. The van der Waals surface area contributed by atoms with Gasteiger partial charge in [-0.3, -0.25) is 0 Å². The molecule has 10 heteroatoms. The smallest absolute Gasteiger partial charge is 0.398 e. The predicted octanol–water partition coefficient (Wildman–Crippen LogP) is 3.65. The molecule has 0 atom stereocenters. The summed E-state index contributed by atoms with van der Waals surface area (Å²) >= 11 is 8.72. The van der Waals surface area contributed by atoms with Crippen molar-refractivity contribution in [3.63, 3.8) is 0 Å². The van der Waals surface area contributed by atoms with Crippen LogP contribution in [0.1, 0.15) is 13.3 Å². The van der Waals surface area contributed by atoms with Crippen LogP contribution in [0.4, 0.5) is 18.9 Å². The average molecular weight is 410 g/mol. The number of alkyl halides is 3. The second-order valence-electron chi connectivity index (χ2n) is 4.26. The van der Waals surface area contributed by atoms with Gasteiger partial charge in [0.25, 0.3) is 0 Å². The van der Waals surface area contributed by atoms with E-state index < -0.39 is 22.7 Å². The first-order valence-corrected chi connectivity index (χ1v) is 8.41. The lowest BCUT2D eigenvalue weighted by Crippen LogP contribution is -2.39. The fraction of sp³-hybridized carbons (Fsp3) is 0.455. The fourth-order valence-corrected chi connectivity index (χ4v) is 4.42. The van der Waals surface area contributed by atoms with Gasteiger partial charge in [-0.15, -0.1) is 0 Å². The maximum Gasteiger partial charge on any atom is 0.402 e. The summed E-state index contributed by atoms with van der Waals surface area (Å²) in [7, 11) is -4.37. The summed E-state index contributed by atoms with van der Waals surface area (Å²) in [5, 5.41) is 0.0257. The summed E-state index contributed by atoms with van der Waals surface area (Å²) in [5.41, 5.74) is 5.61. The highest BCUT2D eigenvalue weighted by Gasteiger charge is 2.37. The zero-order chi connectivity index (χ0) is 16.4. The van der Waals surface area contributed by atoms with E-state index in [2.05, 4.69) is 15.9 Å². The molecule has 0 aliphatic carbocycles. The van der Waals surface area contributed by atoms with Crippen LogP contribution in [0, 0.1) is 0 Å². The third kappa shape index (κ3) is 4.73. The molecule has 0 aromatic heterocycles. The van der Waals surface area contributed by atoms with Gasteiger partial charge < -0.3 is 5.73 Å². The van der Waals surface area contributed by atoms with Gasteiger partial charge in [-0.25, -0.2) is 8.42 Å². The highest BCUT2D eigenvalue weighted by Crippen LogP contribution is 2.34. The highest BCUT2D eigenvalue weighted by atomic mass is 79.9. The van der Waals surface area contributed by atoms with Crippen LogP contribution in [0.2, 0.25) is 5.02 Å². The zero-order valence-corrected chi connectivity index (χ0v) is 14.1. The van der Waals surface area contributed by atoms with E-state index in [1.165, 1.54) is 6.07 Å². The average Bonchev–Trinajstić information content (AvgIpc) is 2.31. The fourth-order valence-electron chi connectivity index (χ4n) is 1.64. The van der Waals surface area contributed by atoms with Gasteiger partial charge in [0.2, 0.25) is 10.0 Å². The van der Waals surface area contributed by atoms with Crippen LogP contribution in [-0.4, -0.2) is 32.0 Å². The van der Waals surface area contributed by atoms with E-state index in [4.69, 9.17) is 17.3 Å². The molecule has 0 saturated heterocycles. The van der Waals surface area contributed by atoms with Crippen molar-refractivity contribution < 1.29 is 21.6 Å². The van der Waals surface area contributed by atoms with Crippen molar-refractivity contribution in [2.24, 2.45) is 0 Å². The van der Waals surface area contributed by atoms with Crippen LogP contribution in [0.5, 0.6) is 0 Å². The molecule has 0 bridgehead atoms. The van der Waals surface area contributed by atoms with Gasteiger partial charge >= 0.3 is 6.18 Å². The zero-order valence-electron chi connectivity index (χ0n) is 10.9. The van der Waals surface area contributed by atoms with Crippen molar-refractivity contribution in [1.82, 2.24) is 4.31 Å². The van der Waals surface area contributed by atoms with Crippen molar-refractivity contribution in [2.45, 2.75) is 24.4 Å². The number of hydrogen-bond acceptors (Lipinski definition) is 3. The Morgan fingerprint density at radius 1 is 1.38 bits per heavy atom. The number of benzene rings is 1. The van der Waals surface area contributed by atoms with Gasteiger partial charge in [0.05, 0.1) is 9.37 Å². The Morgan fingerprint density at radius 2 is 1.95 bits per heavy atom. The Hall–Kier alpha value is -0.510. The standard InChI is InChI=1S/C11H13BrClF3N2O2S/c1-2-3-18(6-11(14,15)16)21(19,20)9-5-7(13)4-8(17)10(9)12/h4-5H,2-3,6,17H2,1H3. The molecular weight excluding hydrogens is 397 g/mol. The Bertz CT molecular complexity index is 623. The largest absolute Gasteiger partial charge is 0.402 e. The molecule has 1 aromatic carbocycles. The van der Waals surface area contributed by atoms with E-state index in [9.17, 15) is 21.6 Å². The van der Waals surface area contributed by atoms with Crippen LogP contribution in [0.15, 0.2) is 21.5 Å². The molecule has 0 fully saturated rings. The van der Waals surface area contributed by atoms with Crippen molar-refractivity contribution >= 4 is 43.2 Å². The first-order chi connectivity index (χ1) is 9.49. The summed E-state index contributed by atoms with van der Waals surface area (Å²) in [6.07, 6.45) is -4.40. The number of nitrogen functional groups attached to an aromatic ring is 1. The van der Waals surface area contributed by atoms with E-state index in [1.54, 1.807) is 6.92 Å². The van der Waals surface area contributed by atoms with Gasteiger partial charge in [0.15, 0.2) is 0 Å². The molecule has 0 spiro atoms. The number of sulfonamides is 1. The predicted molar refractivity (Wildman–Crippen MR) is 78.7 cm³/mol. The SMILES string of the molecule is CCCN(CC(F)(F)F)S(=O)(=O)c1cc(Cl)cc(N)c1Br. The van der Waals surface area contributed by atoms with Crippen LogP contribution in [0.25, 0.3) is 0 Å².